The van der Waals surface area contributed by atoms with Gasteiger partial charge in [-0.25, -0.2) is 20.3 Å². The van der Waals surface area contributed by atoms with Crippen LogP contribution in [0.25, 0.3) is 10.9 Å². The van der Waals surface area contributed by atoms with Crippen LogP contribution >= 0.6 is 0 Å². The predicted octanol–water partition coefficient (Wildman–Crippen LogP) is -0.564. The van der Waals surface area contributed by atoms with E-state index < -0.39 is 43.2 Å². The Balaban J connectivity index is 1.06. The number of hydroxylamine groups is 1. The number of benzene rings is 1. The normalized spacial score (nSPS) is 25.8. The third-order valence-electron chi connectivity index (χ3n) is 7.64. The minimum absolute atomic E-state index is 0.126. The number of fused-ring (bicyclic) bond motifs is 1. The lowest BCUT2D eigenvalue weighted by atomic mass is 9.97. The van der Waals surface area contributed by atoms with Crippen molar-refractivity contribution in [1.82, 2.24) is 25.3 Å². The summed E-state index contributed by atoms with van der Waals surface area (Å²) in [5.41, 5.74) is 4.78. The van der Waals surface area contributed by atoms with Gasteiger partial charge >= 0.3 is 0 Å². The number of para-hydroxylation sites is 1. The summed E-state index contributed by atoms with van der Waals surface area (Å²) >= 11 is 0. The van der Waals surface area contributed by atoms with Crippen LogP contribution in [0.4, 0.5) is 5.95 Å². The summed E-state index contributed by atoms with van der Waals surface area (Å²) in [5.74, 6) is 0.406. The predicted molar refractivity (Wildman–Crippen MR) is 144 cm³/mol. The number of aryl methyl sites for hydroxylation is 1. The molecular weight excluding hydrogens is 520 g/mol. The number of ether oxygens (including phenoxy) is 1. The van der Waals surface area contributed by atoms with Crippen molar-refractivity contribution < 1.29 is 34.8 Å². The van der Waals surface area contributed by atoms with E-state index in [1.165, 1.54) is 28.9 Å². The Morgan fingerprint density at radius 2 is 1.82 bits per heavy atom. The number of aromatic nitrogens is 3. The number of nitrogens with zero attached hydrogens (tertiary/aromatic N) is 4. The third kappa shape index (κ3) is 6.10. The van der Waals surface area contributed by atoms with Crippen molar-refractivity contribution in [3.8, 4) is 0 Å². The zero-order valence-electron chi connectivity index (χ0n) is 22.3. The van der Waals surface area contributed by atoms with Gasteiger partial charge in [-0.05, 0) is 36.9 Å². The molecule has 216 valence electrons. The Kier molecular flexibility index (Phi) is 8.90. The van der Waals surface area contributed by atoms with E-state index in [9.17, 15) is 25.2 Å². The van der Waals surface area contributed by atoms with Crippen LogP contribution in [-0.4, -0.2) is 97.8 Å². The fourth-order valence-corrected chi connectivity index (χ4v) is 5.25. The summed E-state index contributed by atoms with van der Waals surface area (Å²) in [6.45, 7) is 2.78. The molecule has 6 N–H and O–H groups in total. The van der Waals surface area contributed by atoms with E-state index in [0.29, 0.717) is 11.9 Å². The van der Waals surface area contributed by atoms with Crippen molar-refractivity contribution in [1.29, 1.82) is 0 Å². The minimum Gasteiger partial charge on any atom is -0.394 e. The van der Waals surface area contributed by atoms with E-state index in [1.807, 2.05) is 0 Å². The summed E-state index contributed by atoms with van der Waals surface area (Å²) < 4.78 is 7.36. The molecule has 2 aliphatic rings. The van der Waals surface area contributed by atoms with E-state index in [4.69, 9.17) is 9.57 Å². The standard InChI is InChI=1S/C27H36N6O7/c1-32-14-18(19-4-2-3-5-20(19)32)11-28-10-16-6-8-33(9-7-16)27-29-12-17(13-30-27)25(38)31-40-26-24(37)23(36)22(35)21(15-34)39-26/h2-5,12-14,16,21-24,26,28,34-37H,6-11,15H2,1H3,(H,31,38)/t21?,22-,23-,24+,26-/m0/s1. The molecule has 4 heterocycles. The fourth-order valence-electron chi connectivity index (χ4n) is 5.25. The van der Waals surface area contributed by atoms with Gasteiger partial charge in [0.1, 0.15) is 24.4 Å². The molecule has 5 atom stereocenters. The quantitative estimate of drug-likeness (QED) is 0.186. The summed E-state index contributed by atoms with van der Waals surface area (Å²) in [7, 11) is 2.07. The molecular formula is C27H36N6O7. The number of hydrogen-bond acceptors (Lipinski definition) is 11. The van der Waals surface area contributed by atoms with Crippen molar-refractivity contribution in [2.75, 3.05) is 31.1 Å². The summed E-state index contributed by atoms with van der Waals surface area (Å²) in [6.07, 6.45) is -0.446. The van der Waals surface area contributed by atoms with Gasteiger partial charge in [0, 0.05) is 56.2 Å². The second-order valence-corrected chi connectivity index (χ2v) is 10.4. The maximum absolute atomic E-state index is 12.5. The maximum atomic E-state index is 12.5. The van der Waals surface area contributed by atoms with Crippen LogP contribution in [0, 0.1) is 5.92 Å². The number of carbonyl (C=O) groups is 1. The molecule has 0 saturated carbocycles. The fraction of sp³-hybridized carbons (Fsp3) is 0.519. The molecule has 0 radical (unpaired) electrons. The number of carbonyl (C=O) groups excluding carboxylic acids is 1. The number of rotatable bonds is 9. The first-order valence-electron chi connectivity index (χ1n) is 13.4. The average Bonchev–Trinajstić information content (AvgIpc) is 3.31. The molecule has 1 amide bonds. The van der Waals surface area contributed by atoms with Crippen LogP contribution in [0.15, 0.2) is 42.9 Å². The molecule has 1 unspecified atom stereocenters. The number of aliphatic hydroxyl groups is 4. The van der Waals surface area contributed by atoms with Crippen molar-refractivity contribution in [3.05, 3.63) is 54.0 Å². The molecule has 0 spiro atoms. The van der Waals surface area contributed by atoms with Crippen molar-refractivity contribution in [2.24, 2.45) is 13.0 Å². The molecule has 2 saturated heterocycles. The van der Waals surface area contributed by atoms with Crippen LogP contribution in [0.2, 0.25) is 0 Å². The summed E-state index contributed by atoms with van der Waals surface area (Å²) in [4.78, 5) is 28.3. The van der Waals surface area contributed by atoms with Gasteiger partial charge in [-0.1, -0.05) is 18.2 Å². The van der Waals surface area contributed by atoms with Gasteiger partial charge in [-0.2, -0.15) is 0 Å². The van der Waals surface area contributed by atoms with Gasteiger partial charge in [0.05, 0.1) is 12.2 Å². The van der Waals surface area contributed by atoms with Crippen molar-refractivity contribution in [3.63, 3.8) is 0 Å². The Bertz CT molecular complexity index is 1280. The van der Waals surface area contributed by atoms with E-state index in [0.717, 1.165) is 39.0 Å². The number of hydrogen-bond donors (Lipinski definition) is 6. The zero-order valence-corrected chi connectivity index (χ0v) is 22.3. The number of anilines is 1. The van der Waals surface area contributed by atoms with E-state index in [1.54, 1.807) is 0 Å². The van der Waals surface area contributed by atoms with Gasteiger partial charge in [0.15, 0.2) is 0 Å². The Hall–Kier alpha value is -3.17. The summed E-state index contributed by atoms with van der Waals surface area (Å²) in [6, 6.07) is 8.42. The Labute approximate surface area is 231 Å². The minimum atomic E-state index is -1.63. The zero-order chi connectivity index (χ0) is 28.2. The van der Waals surface area contributed by atoms with E-state index in [2.05, 4.69) is 67.7 Å². The lowest BCUT2D eigenvalue weighted by Gasteiger charge is -2.39. The average molecular weight is 557 g/mol. The molecule has 2 aliphatic heterocycles. The second-order valence-electron chi connectivity index (χ2n) is 10.4. The topological polar surface area (TPSA) is 174 Å². The first-order valence-corrected chi connectivity index (χ1v) is 13.4. The lowest BCUT2D eigenvalue weighted by Crippen LogP contribution is -2.60. The van der Waals surface area contributed by atoms with E-state index >= 15 is 0 Å². The largest absolute Gasteiger partial charge is 0.394 e. The molecule has 0 aliphatic carbocycles. The molecule has 3 aromatic rings. The van der Waals surface area contributed by atoms with Crippen molar-refractivity contribution in [2.45, 2.75) is 50.1 Å². The van der Waals surface area contributed by atoms with Gasteiger partial charge in [-0.3, -0.25) is 4.79 Å². The number of piperidine rings is 1. The highest BCUT2D eigenvalue weighted by molar-refractivity contribution is 5.92. The molecule has 0 bridgehead atoms. The molecule has 5 rings (SSSR count). The first-order chi connectivity index (χ1) is 19.4. The number of nitrogens with one attached hydrogen (secondary N) is 2. The molecule has 2 fully saturated rings. The van der Waals surface area contributed by atoms with Crippen LogP contribution < -0.4 is 15.7 Å². The lowest BCUT2D eigenvalue weighted by molar-refractivity contribution is -0.311. The van der Waals surface area contributed by atoms with Crippen LogP contribution in [0.5, 0.6) is 0 Å². The Morgan fingerprint density at radius 3 is 2.55 bits per heavy atom. The van der Waals surface area contributed by atoms with E-state index in [-0.39, 0.29) is 5.56 Å². The van der Waals surface area contributed by atoms with Crippen LogP contribution in [0.1, 0.15) is 28.8 Å². The van der Waals surface area contributed by atoms with Crippen molar-refractivity contribution >= 4 is 22.8 Å². The smallest absolute Gasteiger partial charge is 0.278 e. The SMILES string of the molecule is Cn1cc(CNCC2CCN(c3ncc(C(=O)NO[C@@H]4OC(CO)[C@H](O)[C@H](O)[C@H]4O)cn3)CC2)c2ccccc21. The molecule has 13 nitrogen and oxygen atoms in total. The number of amides is 1. The molecule has 13 heteroatoms. The highest BCUT2D eigenvalue weighted by Crippen LogP contribution is 2.23. The van der Waals surface area contributed by atoms with Gasteiger partial charge in [0.25, 0.3) is 5.91 Å². The molecule has 1 aromatic carbocycles. The van der Waals surface area contributed by atoms with Gasteiger partial charge in [-0.15, -0.1) is 0 Å². The Morgan fingerprint density at radius 1 is 1.10 bits per heavy atom. The van der Waals surface area contributed by atoms with Gasteiger partial charge in [0.2, 0.25) is 12.2 Å². The monoisotopic (exact) mass is 556 g/mol. The maximum Gasteiger partial charge on any atom is 0.278 e. The third-order valence-corrected chi connectivity index (χ3v) is 7.64. The number of aliphatic hydroxyl groups excluding tert-OH is 4. The second kappa shape index (κ2) is 12.6. The van der Waals surface area contributed by atoms with Crippen LogP contribution in [0.3, 0.4) is 0 Å². The summed E-state index contributed by atoms with van der Waals surface area (Å²) in [5, 5.41) is 43.8. The first kappa shape index (κ1) is 28.4. The highest BCUT2D eigenvalue weighted by atomic mass is 16.8. The molecule has 40 heavy (non-hydrogen) atoms. The highest BCUT2D eigenvalue weighted by Gasteiger charge is 2.44. The van der Waals surface area contributed by atoms with Gasteiger partial charge < -0.3 is 39.9 Å². The van der Waals surface area contributed by atoms with Crippen LogP contribution in [-0.2, 0) is 23.2 Å². The molecule has 2 aromatic heterocycles.